The van der Waals surface area contributed by atoms with E-state index >= 15 is 0 Å². The number of benzene rings is 1. The molecule has 4 heteroatoms. The van der Waals surface area contributed by atoms with Gasteiger partial charge in [0, 0.05) is 35.9 Å². The zero-order valence-corrected chi connectivity index (χ0v) is 12.0. The Morgan fingerprint density at radius 3 is 2.89 bits per heavy atom. The van der Waals surface area contributed by atoms with Crippen LogP contribution in [0.4, 0.5) is 5.69 Å². The molecule has 2 N–H and O–H groups in total. The van der Waals surface area contributed by atoms with Crippen molar-refractivity contribution in [1.82, 2.24) is 5.32 Å². The summed E-state index contributed by atoms with van der Waals surface area (Å²) >= 11 is 6.20. The summed E-state index contributed by atoms with van der Waals surface area (Å²) in [6, 6.07) is 5.94. The summed E-state index contributed by atoms with van der Waals surface area (Å²) in [7, 11) is 0. The third kappa shape index (κ3) is 2.63. The molecule has 1 atom stereocenters. The predicted octanol–water partition coefficient (Wildman–Crippen LogP) is 2.20. The molecule has 1 aliphatic rings. The van der Waals surface area contributed by atoms with Crippen LogP contribution in [-0.4, -0.2) is 36.4 Å². The number of hydrogen-bond acceptors (Lipinski definition) is 3. The number of aliphatic hydroxyl groups excluding tert-OH is 1. The first kappa shape index (κ1) is 13.7. The van der Waals surface area contributed by atoms with Crippen molar-refractivity contribution in [1.29, 1.82) is 0 Å². The van der Waals surface area contributed by atoms with Gasteiger partial charge in [-0.15, -0.1) is 0 Å². The van der Waals surface area contributed by atoms with E-state index in [9.17, 15) is 5.11 Å². The number of anilines is 1. The highest BCUT2D eigenvalue weighted by molar-refractivity contribution is 6.31. The first-order chi connectivity index (χ1) is 8.42. The van der Waals surface area contributed by atoms with Crippen LogP contribution in [0.2, 0.25) is 5.02 Å². The van der Waals surface area contributed by atoms with Crippen LogP contribution in [-0.2, 0) is 0 Å². The molecule has 1 heterocycles. The molecule has 1 unspecified atom stereocenters. The molecule has 0 radical (unpaired) electrons. The molecule has 1 fully saturated rings. The third-order valence-corrected chi connectivity index (χ3v) is 4.00. The number of halogens is 1. The van der Waals surface area contributed by atoms with Gasteiger partial charge in [-0.1, -0.05) is 17.7 Å². The fraction of sp³-hybridized carbons (Fsp3) is 0.571. The molecule has 1 aliphatic heterocycles. The van der Waals surface area contributed by atoms with E-state index < -0.39 is 0 Å². The lowest BCUT2D eigenvalue weighted by atomic mass is 10.0. The molecule has 0 amide bonds. The number of hydrogen-bond donors (Lipinski definition) is 2. The monoisotopic (exact) mass is 268 g/mol. The molecule has 100 valence electrons. The van der Waals surface area contributed by atoms with Gasteiger partial charge in [0.05, 0.1) is 6.10 Å². The van der Waals surface area contributed by atoms with Gasteiger partial charge in [0.1, 0.15) is 0 Å². The van der Waals surface area contributed by atoms with Crippen LogP contribution >= 0.6 is 11.6 Å². The highest BCUT2D eigenvalue weighted by Crippen LogP contribution is 2.32. The maximum Gasteiger partial charge on any atom is 0.0839 e. The van der Waals surface area contributed by atoms with Gasteiger partial charge in [0.25, 0.3) is 0 Å². The van der Waals surface area contributed by atoms with Gasteiger partial charge in [0.15, 0.2) is 0 Å². The number of rotatable bonds is 1. The van der Waals surface area contributed by atoms with Gasteiger partial charge < -0.3 is 15.3 Å². The molecule has 0 saturated carbocycles. The van der Waals surface area contributed by atoms with Crippen LogP contribution in [0.1, 0.15) is 19.4 Å². The summed E-state index contributed by atoms with van der Waals surface area (Å²) < 4.78 is 0. The van der Waals surface area contributed by atoms with Crippen molar-refractivity contribution in [3.8, 4) is 0 Å². The largest absolute Gasteiger partial charge is 0.390 e. The minimum Gasteiger partial charge on any atom is -0.390 e. The Kier molecular flexibility index (Phi) is 3.85. The van der Waals surface area contributed by atoms with Gasteiger partial charge in [0.2, 0.25) is 0 Å². The van der Waals surface area contributed by atoms with Crippen molar-refractivity contribution in [3.63, 3.8) is 0 Å². The SMILES string of the molecule is Cc1c(Cl)cccc1N1CC(O)CNCC1(C)C. The number of nitrogens with one attached hydrogen (secondary N) is 1. The van der Waals surface area contributed by atoms with Gasteiger partial charge in [-0.25, -0.2) is 0 Å². The zero-order valence-electron chi connectivity index (χ0n) is 11.2. The summed E-state index contributed by atoms with van der Waals surface area (Å²) in [6.45, 7) is 8.49. The molecule has 1 saturated heterocycles. The summed E-state index contributed by atoms with van der Waals surface area (Å²) in [6.07, 6.45) is -0.356. The van der Waals surface area contributed by atoms with Crippen LogP contribution in [0.25, 0.3) is 0 Å². The summed E-state index contributed by atoms with van der Waals surface area (Å²) in [4.78, 5) is 2.25. The molecule has 3 nitrogen and oxygen atoms in total. The van der Waals surface area contributed by atoms with Gasteiger partial charge in [-0.2, -0.15) is 0 Å². The fourth-order valence-corrected chi connectivity index (χ4v) is 2.65. The average Bonchev–Trinajstić information content (AvgIpc) is 2.42. The molecule has 1 aromatic rings. The van der Waals surface area contributed by atoms with Crippen molar-refractivity contribution in [3.05, 3.63) is 28.8 Å². The van der Waals surface area contributed by atoms with E-state index in [1.807, 2.05) is 19.1 Å². The van der Waals surface area contributed by atoms with E-state index in [0.29, 0.717) is 13.1 Å². The lowest BCUT2D eigenvalue weighted by molar-refractivity contribution is 0.183. The second kappa shape index (κ2) is 5.08. The lowest BCUT2D eigenvalue weighted by Gasteiger charge is -2.40. The minimum atomic E-state index is -0.356. The van der Waals surface area contributed by atoms with Crippen molar-refractivity contribution in [2.75, 3.05) is 24.5 Å². The zero-order chi connectivity index (χ0) is 13.3. The minimum absolute atomic E-state index is 0.0487. The van der Waals surface area contributed by atoms with Crippen molar-refractivity contribution >= 4 is 17.3 Å². The molecular formula is C14H21ClN2O. The summed E-state index contributed by atoms with van der Waals surface area (Å²) in [5, 5.41) is 14.0. The van der Waals surface area contributed by atoms with E-state index in [2.05, 4.69) is 30.1 Å². The van der Waals surface area contributed by atoms with E-state index in [4.69, 9.17) is 11.6 Å². The van der Waals surface area contributed by atoms with Crippen molar-refractivity contribution in [2.24, 2.45) is 0 Å². The highest BCUT2D eigenvalue weighted by atomic mass is 35.5. The Labute approximate surface area is 114 Å². The molecule has 0 aliphatic carbocycles. The molecular weight excluding hydrogens is 248 g/mol. The number of β-amino-alcohol motifs (C(OH)–C–C–N with tert-alkyl or cyclic N) is 1. The molecule has 18 heavy (non-hydrogen) atoms. The van der Waals surface area contributed by atoms with Crippen molar-refractivity contribution < 1.29 is 5.11 Å². The summed E-state index contributed by atoms with van der Waals surface area (Å²) in [5.74, 6) is 0. The van der Waals surface area contributed by atoms with E-state index in [1.54, 1.807) is 0 Å². The van der Waals surface area contributed by atoms with Crippen molar-refractivity contribution in [2.45, 2.75) is 32.4 Å². The van der Waals surface area contributed by atoms with E-state index in [1.165, 1.54) is 0 Å². The number of nitrogens with zero attached hydrogens (tertiary/aromatic N) is 1. The Morgan fingerprint density at radius 1 is 1.44 bits per heavy atom. The van der Waals surface area contributed by atoms with E-state index in [-0.39, 0.29) is 11.6 Å². The van der Waals surface area contributed by atoms with Crippen LogP contribution in [0.15, 0.2) is 18.2 Å². The first-order valence-electron chi connectivity index (χ1n) is 6.33. The Balaban J connectivity index is 2.41. The van der Waals surface area contributed by atoms with Gasteiger partial charge >= 0.3 is 0 Å². The number of aliphatic hydroxyl groups is 1. The average molecular weight is 269 g/mol. The maximum absolute atomic E-state index is 9.98. The lowest BCUT2D eigenvalue weighted by Crippen LogP contribution is -2.49. The predicted molar refractivity (Wildman–Crippen MR) is 76.5 cm³/mol. The Morgan fingerprint density at radius 2 is 2.17 bits per heavy atom. The Bertz CT molecular complexity index is 434. The summed E-state index contributed by atoms with van der Waals surface area (Å²) in [5.41, 5.74) is 2.13. The Hall–Kier alpha value is -0.770. The standard InChI is InChI=1S/C14H21ClN2O/c1-10-12(15)5-4-6-13(10)17-8-11(18)7-16-9-14(17,2)3/h4-6,11,16,18H,7-9H2,1-3H3. The maximum atomic E-state index is 9.98. The fourth-order valence-electron chi connectivity index (χ4n) is 2.48. The first-order valence-corrected chi connectivity index (χ1v) is 6.71. The topological polar surface area (TPSA) is 35.5 Å². The third-order valence-electron chi connectivity index (χ3n) is 3.59. The van der Waals surface area contributed by atoms with Crippen LogP contribution in [0.5, 0.6) is 0 Å². The molecule has 2 rings (SSSR count). The highest BCUT2D eigenvalue weighted by Gasteiger charge is 2.32. The van der Waals surface area contributed by atoms with Gasteiger partial charge in [-0.3, -0.25) is 0 Å². The second-order valence-corrected chi connectivity index (χ2v) is 6.00. The van der Waals surface area contributed by atoms with Gasteiger partial charge in [-0.05, 0) is 38.5 Å². The van der Waals surface area contributed by atoms with Crippen LogP contribution in [0.3, 0.4) is 0 Å². The molecule has 0 bridgehead atoms. The molecule has 1 aromatic carbocycles. The van der Waals surface area contributed by atoms with E-state index in [0.717, 1.165) is 22.8 Å². The molecule has 0 spiro atoms. The van der Waals surface area contributed by atoms with Crippen LogP contribution < -0.4 is 10.2 Å². The quantitative estimate of drug-likeness (QED) is 0.820. The smallest absolute Gasteiger partial charge is 0.0839 e. The molecule has 0 aromatic heterocycles. The van der Waals surface area contributed by atoms with Crippen LogP contribution in [0, 0.1) is 6.92 Å². The second-order valence-electron chi connectivity index (χ2n) is 5.59. The normalized spacial score (nSPS) is 23.8.